The number of hydrogen-bond acceptors (Lipinski definition) is 3. The molecule has 0 radical (unpaired) electrons. The highest BCUT2D eigenvalue weighted by Gasteiger charge is 2.15. The summed E-state index contributed by atoms with van der Waals surface area (Å²) in [4.78, 5) is 22.9. The molecule has 1 amide bonds. The Hall–Kier alpha value is -2.63. The van der Waals surface area contributed by atoms with Gasteiger partial charge >= 0.3 is 5.97 Å². The maximum atomic E-state index is 12.1. The molecule has 2 aromatic rings. The third-order valence-corrected chi connectivity index (χ3v) is 3.82. The van der Waals surface area contributed by atoms with Crippen LogP contribution in [0.15, 0.2) is 36.5 Å². The maximum Gasteiger partial charge on any atom is 0.356 e. The number of rotatable bonds is 5. The summed E-state index contributed by atoms with van der Waals surface area (Å²) in [6.45, 7) is 8.36. The van der Waals surface area contributed by atoms with Gasteiger partial charge in [-0.05, 0) is 29.5 Å². The highest BCUT2D eigenvalue weighted by molar-refractivity contribution is 5.85. The minimum Gasteiger partial charge on any atom is -0.476 e. The number of carbonyl (C=O) groups is 2. The van der Waals surface area contributed by atoms with Crippen molar-refractivity contribution in [1.29, 1.82) is 0 Å². The lowest BCUT2D eigenvalue weighted by atomic mass is 9.86. The van der Waals surface area contributed by atoms with E-state index in [1.165, 1.54) is 22.5 Å². The summed E-state index contributed by atoms with van der Waals surface area (Å²) in [5.74, 6) is -1.33. The zero-order valence-electron chi connectivity index (χ0n) is 14.4. The monoisotopic (exact) mass is 329 g/mol. The molecule has 0 fully saturated rings. The van der Waals surface area contributed by atoms with E-state index in [0.717, 1.165) is 5.56 Å². The number of carboxylic acids is 1. The molecule has 2 N–H and O–H groups in total. The molecule has 0 aliphatic heterocycles. The first-order chi connectivity index (χ1) is 11.2. The van der Waals surface area contributed by atoms with Crippen LogP contribution in [0.4, 0.5) is 0 Å². The van der Waals surface area contributed by atoms with Crippen LogP contribution >= 0.6 is 0 Å². The predicted octanol–water partition coefficient (Wildman–Crippen LogP) is 2.76. The Kier molecular flexibility index (Phi) is 5.07. The Morgan fingerprint density at radius 1 is 1.21 bits per heavy atom. The van der Waals surface area contributed by atoms with Crippen molar-refractivity contribution in [3.8, 4) is 0 Å². The molecule has 1 atom stereocenters. The molecule has 1 unspecified atom stereocenters. The molecule has 1 heterocycles. The van der Waals surface area contributed by atoms with Crippen molar-refractivity contribution in [2.24, 2.45) is 0 Å². The number of aromatic carboxylic acids is 1. The van der Waals surface area contributed by atoms with Crippen LogP contribution < -0.4 is 5.32 Å². The molecular formula is C18H23N3O3. The van der Waals surface area contributed by atoms with Crippen LogP contribution in [0.3, 0.4) is 0 Å². The van der Waals surface area contributed by atoms with Gasteiger partial charge in [-0.15, -0.1) is 0 Å². The van der Waals surface area contributed by atoms with E-state index in [9.17, 15) is 9.59 Å². The lowest BCUT2D eigenvalue weighted by molar-refractivity contribution is -0.122. The second kappa shape index (κ2) is 6.86. The summed E-state index contributed by atoms with van der Waals surface area (Å²) < 4.78 is 1.31. The fraction of sp³-hybridized carbons (Fsp3) is 0.389. The molecule has 0 aliphatic carbocycles. The van der Waals surface area contributed by atoms with Crippen LogP contribution in [0, 0.1) is 0 Å². The van der Waals surface area contributed by atoms with Crippen LogP contribution in [-0.2, 0) is 16.8 Å². The highest BCUT2D eigenvalue weighted by atomic mass is 16.4. The Labute approximate surface area is 141 Å². The quantitative estimate of drug-likeness (QED) is 0.883. The van der Waals surface area contributed by atoms with Crippen LogP contribution in [0.1, 0.15) is 55.4 Å². The first kappa shape index (κ1) is 17.7. The maximum absolute atomic E-state index is 12.1. The number of nitrogens with zero attached hydrogens (tertiary/aromatic N) is 2. The lowest BCUT2D eigenvalue weighted by Gasteiger charge is -2.20. The topological polar surface area (TPSA) is 84.2 Å². The number of benzene rings is 1. The van der Waals surface area contributed by atoms with Crippen LogP contribution in [-0.4, -0.2) is 26.8 Å². The van der Waals surface area contributed by atoms with Crippen molar-refractivity contribution in [3.05, 3.63) is 53.3 Å². The van der Waals surface area contributed by atoms with Gasteiger partial charge in [-0.1, -0.05) is 45.0 Å². The standard InChI is InChI=1S/C18H23N3O3/c1-12(13-5-7-14(8-6-13)18(2,3)4)19-16(22)11-21-10-9-15(20-21)17(23)24/h5-10,12H,11H2,1-4H3,(H,19,22)(H,23,24). The molecule has 6 nitrogen and oxygen atoms in total. The zero-order valence-corrected chi connectivity index (χ0v) is 14.4. The molecule has 2 rings (SSSR count). The van der Waals surface area contributed by atoms with Gasteiger partial charge in [0, 0.05) is 6.20 Å². The second-order valence-corrected chi connectivity index (χ2v) is 6.86. The van der Waals surface area contributed by atoms with E-state index >= 15 is 0 Å². The summed E-state index contributed by atoms with van der Waals surface area (Å²) in [7, 11) is 0. The molecule has 1 aromatic heterocycles. The van der Waals surface area contributed by atoms with E-state index in [-0.39, 0.29) is 29.6 Å². The smallest absolute Gasteiger partial charge is 0.356 e. The van der Waals surface area contributed by atoms with E-state index in [1.54, 1.807) is 0 Å². The van der Waals surface area contributed by atoms with E-state index in [4.69, 9.17) is 5.11 Å². The van der Waals surface area contributed by atoms with E-state index < -0.39 is 5.97 Å². The average Bonchev–Trinajstić information content (AvgIpc) is 2.95. The molecule has 1 aromatic carbocycles. The number of nitrogens with one attached hydrogen (secondary N) is 1. The highest BCUT2D eigenvalue weighted by Crippen LogP contribution is 2.23. The van der Waals surface area contributed by atoms with Gasteiger partial charge in [0.1, 0.15) is 6.54 Å². The van der Waals surface area contributed by atoms with Crippen molar-refractivity contribution in [2.75, 3.05) is 0 Å². The molecule has 128 valence electrons. The lowest BCUT2D eigenvalue weighted by Crippen LogP contribution is -2.30. The van der Waals surface area contributed by atoms with Crippen molar-refractivity contribution in [3.63, 3.8) is 0 Å². The Morgan fingerprint density at radius 2 is 1.83 bits per heavy atom. The first-order valence-corrected chi connectivity index (χ1v) is 7.83. The Balaban J connectivity index is 1.96. The fourth-order valence-electron chi connectivity index (χ4n) is 2.35. The summed E-state index contributed by atoms with van der Waals surface area (Å²) >= 11 is 0. The van der Waals surface area contributed by atoms with Gasteiger partial charge in [0.15, 0.2) is 5.69 Å². The number of aromatic nitrogens is 2. The predicted molar refractivity (Wildman–Crippen MR) is 90.9 cm³/mol. The van der Waals surface area contributed by atoms with Gasteiger partial charge in [-0.25, -0.2) is 4.79 Å². The fourth-order valence-corrected chi connectivity index (χ4v) is 2.35. The second-order valence-electron chi connectivity index (χ2n) is 6.86. The minimum atomic E-state index is -1.11. The zero-order chi connectivity index (χ0) is 17.9. The average molecular weight is 329 g/mol. The third-order valence-electron chi connectivity index (χ3n) is 3.82. The molecular weight excluding hydrogens is 306 g/mol. The number of hydrogen-bond donors (Lipinski definition) is 2. The van der Waals surface area contributed by atoms with Gasteiger partial charge in [0.2, 0.25) is 5.91 Å². The largest absolute Gasteiger partial charge is 0.476 e. The van der Waals surface area contributed by atoms with Crippen LogP contribution in [0.5, 0.6) is 0 Å². The van der Waals surface area contributed by atoms with Crippen LogP contribution in [0.2, 0.25) is 0 Å². The SMILES string of the molecule is CC(NC(=O)Cn1ccc(C(=O)O)n1)c1ccc(C(C)(C)C)cc1. The van der Waals surface area contributed by atoms with Gasteiger partial charge in [0.25, 0.3) is 0 Å². The van der Waals surface area contributed by atoms with Crippen molar-refractivity contribution >= 4 is 11.9 Å². The van der Waals surface area contributed by atoms with E-state index in [0.29, 0.717) is 0 Å². The molecule has 6 heteroatoms. The molecule has 0 bridgehead atoms. The number of amides is 1. The third kappa shape index (κ3) is 4.44. The van der Waals surface area contributed by atoms with Crippen molar-refractivity contribution in [1.82, 2.24) is 15.1 Å². The Bertz CT molecular complexity index is 727. The number of carboxylic acid groups (broad SMARTS) is 1. The van der Waals surface area contributed by atoms with E-state index in [2.05, 4.69) is 43.3 Å². The van der Waals surface area contributed by atoms with Gasteiger partial charge < -0.3 is 10.4 Å². The first-order valence-electron chi connectivity index (χ1n) is 7.83. The van der Waals surface area contributed by atoms with Gasteiger partial charge in [-0.2, -0.15) is 5.10 Å². The molecule has 0 aliphatic rings. The summed E-state index contributed by atoms with van der Waals surface area (Å²) in [5, 5.41) is 15.5. The van der Waals surface area contributed by atoms with E-state index in [1.807, 2.05) is 19.1 Å². The molecule has 0 saturated heterocycles. The summed E-state index contributed by atoms with van der Waals surface area (Å²) in [5.41, 5.74) is 2.27. The molecule has 0 saturated carbocycles. The van der Waals surface area contributed by atoms with Gasteiger partial charge in [-0.3, -0.25) is 9.48 Å². The minimum absolute atomic E-state index is 0.0162. The normalized spacial score (nSPS) is 12.7. The molecule has 0 spiro atoms. The van der Waals surface area contributed by atoms with Crippen LogP contribution in [0.25, 0.3) is 0 Å². The Morgan fingerprint density at radius 3 is 2.33 bits per heavy atom. The summed E-state index contributed by atoms with van der Waals surface area (Å²) in [6, 6.07) is 9.41. The van der Waals surface area contributed by atoms with Gasteiger partial charge in [0.05, 0.1) is 6.04 Å². The molecule has 24 heavy (non-hydrogen) atoms. The van der Waals surface area contributed by atoms with Crippen molar-refractivity contribution in [2.45, 2.75) is 45.7 Å². The summed E-state index contributed by atoms with van der Waals surface area (Å²) in [6.07, 6.45) is 1.48. The van der Waals surface area contributed by atoms with Crippen molar-refractivity contribution < 1.29 is 14.7 Å². The number of carbonyl (C=O) groups excluding carboxylic acids is 1.